The molecule has 1 atom stereocenters. The minimum Gasteiger partial charge on any atom is -0.497 e. The van der Waals surface area contributed by atoms with E-state index < -0.39 is 0 Å². The molecule has 0 aromatic carbocycles. The second-order valence-corrected chi connectivity index (χ2v) is 3.39. The zero-order valence-electron chi connectivity index (χ0n) is 7.67. The maximum absolute atomic E-state index is 11.4. The molecule has 13 heavy (non-hydrogen) atoms. The van der Waals surface area contributed by atoms with Crippen LogP contribution < -0.4 is 5.32 Å². The third-order valence-corrected chi connectivity index (χ3v) is 2.62. The maximum Gasteiger partial charge on any atom is 0.247 e. The molecule has 1 amide bonds. The Bertz CT molecular complexity index is 291. The van der Waals surface area contributed by atoms with Crippen molar-refractivity contribution in [3.63, 3.8) is 0 Å². The number of allylic oxidation sites excluding steroid dienone is 2. The number of piperidine rings is 1. The molecule has 0 saturated carbocycles. The molecule has 3 nitrogen and oxygen atoms in total. The highest BCUT2D eigenvalue weighted by atomic mass is 16.5. The van der Waals surface area contributed by atoms with Crippen LogP contribution in [0.1, 0.15) is 12.8 Å². The van der Waals surface area contributed by atoms with Gasteiger partial charge in [-0.25, -0.2) is 0 Å². The molecular weight excluding hydrogens is 166 g/mol. The summed E-state index contributed by atoms with van der Waals surface area (Å²) in [4.78, 5) is 11.4. The first-order valence-corrected chi connectivity index (χ1v) is 4.55. The molecule has 1 saturated heterocycles. The summed E-state index contributed by atoms with van der Waals surface area (Å²) in [6, 6.07) is 0. The molecular formula is C10H13NO2. The van der Waals surface area contributed by atoms with E-state index in [0.717, 1.165) is 30.7 Å². The topological polar surface area (TPSA) is 38.3 Å². The van der Waals surface area contributed by atoms with Crippen LogP contribution in [-0.2, 0) is 9.53 Å². The Kier molecular flexibility index (Phi) is 2.08. The molecule has 0 aromatic heterocycles. The summed E-state index contributed by atoms with van der Waals surface area (Å²) in [6.45, 7) is 0.803. The highest BCUT2D eigenvalue weighted by Gasteiger charge is 2.27. The van der Waals surface area contributed by atoms with E-state index in [4.69, 9.17) is 4.74 Å². The van der Waals surface area contributed by atoms with E-state index in [1.165, 1.54) is 0 Å². The Morgan fingerprint density at radius 2 is 2.46 bits per heavy atom. The van der Waals surface area contributed by atoms with Gasteiger partial charge in [-0.05, 0) is 30.9 Å². The van der Waals surface area contributed by atoms with Gasteiger partial charge in [0.25, 0.3) is 0 Å². The zero-order valence-corrected chi connectivity index (χ0v) is 7.67. The normalized spacial score (nSPS) is 26.8. The second kappa shape index (κ2) is 3.24. The van der Waals surface area contributed by atoms with E-state index in [-0.39, 0.29) is 5.91 Å². The number of rotatable bonds is 1. The van der Waals surface area contributed by atoms with Gasteiger partial charge in [0.15, 0.2) is 0 Å². The van der Waals surface area contributed by atoms with Crippen molar-refractivity contribution >= 4 is 5.91 Å². The van der Waals surface area contributed by atoms with Crippen molar-refractivity contribution in [3.05, 3.63) is 23.5 Å². The standard InChI is InChI=1S/C10H13NO2/c1-13-8-3-2-7-4-5-11-10(12)9(7)6-8/h3,6-7H,2,4-5H2,1H3,(H,11,12). The summed E-state index contributed by atoms with van der Waals surface area (Å²) < 4.78 is 5.09. The molecule has 1 unspecified atom stereocenters. The Hall–Kier alpha value is -1.25. The van der Waals surface area contributed by atoms with Gasteiger partial charge in [0.1, 0.15) is 5.76 Å². The predicted molar refractivity (Wildman–Crippen MR) is 48.9 cm³/mol. The lowest BCUT2D eigenvalue weighted by Crippen LogP contribution is -2.36. The fourth-order valence-electron chi connectivity index (χ4n) is 1.84. The van der Waals surface area contributed by atoms with Gasteiger partial charge in [-0.2, -0.15) is 0 Å². The minimum atomic E-state index is 0.0684. The van der Waals surface area contributed by atoms with Gasteiger partial charge in [-0.15, -0.1) is 0 Å². The van der Waals surface area contributed by atoms with Gasteiger partial charge in [0, 0.05) is 12.1 Å². The monoisotopic (exact) mass is 179 g/mol. The lowest BCUT2D eigenvalue weighted by molar-refractivity contribution is -0.119. The first-order chi connectivity index (χ1) is 6.31. The van der Waals surface area contributed by atoms with E-state index >= 15 is 0 Å². The van der Waals surface area contributed by atoms with Crippen molar-refractivity contribution in [2.24, 2.45) is 5.92 Å². The number of methoxy groups -OCH3 is 1. The van der Waals surface area contributed by atoms with Gasteiger partial charge in [0.2, 0.25) is 5.91 Å². The number of nitrogens with one attached hydrogen (secondary N) is 1. The third-order valence-electron chi connectivity index (χ3n) is 2.62. The fourth-order valence-corrected chi connectivity index (χ4v) is 1.84. The van der Waals surface area contributed by atoms with Crippen molar-refractivity contribution in [2.75, 3.05) is 13.7 Å². The average Bonchev–Trinajstić information content (AvgIpc) is 2.18. The highest BCUT2D eigenvalue weighted by molar-refractivity contribution is 5.95. The average molecular weight is 179 g/mol. The number of hydrogen-bond acceptors (Lipinski definition) is 2. The highest BCUT2D eigenvalue weighted by Crippen LogP contribution is 2.29. The lowest BCUT2D eigenvalue weighted by Gasteiger charge is -2.27. The van der Waals surface area contributed by atoms with E-state index in [0.29, 0.717) is 5.92 Å². The van der Waals surface area contributed by atoms with Crippen LogP contribution in [-0.4, -0.2) is 19.6 Å². The van der Waals surface area contributed by atoms with E-state index in [1.807, 2.05) is 12.2 Å². The maximum atomic E-state index is 11.4. The summed E-state index contributed by atoms with van der Waals surface area (Å²) in [5, 5.41) is 2.84. The molecule has 0 bridgehead atoms. The minimum absolute atomic E-state index is 0.0684. The Balaban J connectivity index is 2.24. The van der Waals surface area contributed by atoms with Crippen LogP contribution in [0.5, 0.6) is 0 Å². The molecule has 3 heteroatoms. The number of hydrogen-bond donors (Lipinski definition) is 1. The summed E-state index contributed by atoms with van der Waals surface area (Å²) in [6.07, 6.45) is 5.88. The van der Waals surface area contributed by atoms with Gasteiger partial charge in [-0.3, -0.25) is 4.79 Å². The van der Waals surface area contributed by atoms with Crippen LogP contribution in [0.2, 0.25) is 0 Å². The number of amides is 1. The van der Waals surface area contributed by atoms with Crippen molar-refractivity contribution in [2.45, 2.75) is 12.8 Å². The lowest BCUT2D eigenvalue weighted by atomic mass is 9.85. The predicted octanol–water partition coefficient (Wildman–Crippen LogP) is 0.983. The molecule has 0 spiro atoms. The molecule has 2 aliphatic rings. The van der Waals surface area contributed by atoms with Crippen LogP contribution in [0.3, 0.4) is 0 Å². The van der Waals surface area contributed by atoms with Gasteiger partial charge in [-0.1, -0.05) is 0 Å². The van der Waals surface area contributed by atoms with E-state index in [1.54, 1.807) is 7.11 Å². The zero-order chi connectivity index (χ0) is 9.26. The number of carbonyl (C=O) groups excluding carboxylic acids is 1. The largest absolute Gasteiger partial charge is 0.497 e. The van der Waals surface area contributed by atoms with Gasteiger partial charge in [0.05, 0.1) is 7.11 Å². The molecule has 1 aliphatic carbocycles. The molecule has 1 heterocycles. The Morgan fingerprint density at radius 1 is 1.62 bits per heavy atom. The Morgan fingerprint density at radius 3 is 3.23 bits per heavy atom. The van der Waals surface area contributed by atoms with Crippen molar-refractivity contribution in [1.29, 1.82) is 0 Å². The summed E-state index contributed by atoms with van der Waals surface area (Å²) in [5.74, 6) is 1.29. The van der Waals surface area contributed by atoms with Crippen LogP contribution >= 0.6 is 0 Å². The van der Waals surface area contributed by atoms with Crippen molar-refractivity contribution in [3.8, 4) is 0 Å². The fraction of sp³-hybridized carbons (Fsp3) is 0.500. The Labute approximate surface area is 77.5 Å². The molecule has 0 aromatic rings. The van der Waals surface area contributed by atoms with Crippen molar-refractivity contribution < 1.29 is 9.53 Å². The van der Waals surface area contributed by atoms with Crippen LogP contribution in [0.15, 0.2) is 23.5 Å². The van der Waals surface area contributed by atoms with Gasteiger partial charge < -0.3 is 10.1 Å². The molecule has 2 rings (SSSR count). The molecule has 1 fully saturated rings. The first-order valence-electron chi connectivity index (χ1n) is 4.55. The number of carbonyl (C=O) groups is 1. The number of ether oxygens (including phenoxy) is 1. The summed E-state index contributed by atoms with van der Waals surface area (Å²) >= 11 is 0. The second-order valence-electron chi connectivity index (χ2n) is 3.39. The van der Waals surface area contributed by atoms with Crippen LogP contribution in [0, 0.1) is 5.92 Å². The van der Waals surface area contributed by atoms with Crippen molar-refractivity contribution in [1.82, 2.24) is 5.32 Å². The van der Waals surface area contributed by atoms with E-state index in [2.05, 4.69) is 5.32 Å². The molecule has 1 N–H and O–H groups in total. The molecule has 70 valence electrons. The van der Waals surface area contributed by atoms with Crippen LogP contribution in [0.4, 0.5) is 0 Å². The summed E-state index contributed by atoms with van der Waals surface area (Å²) in [7, 11) is 1.63. The smallest absolute Gasteiger partial charge is 0.247 e. The van der Waals surface area contributed by atoms with Crippen LogP contribution in [0.25, 0.3) is 0 Å². The van der Waals surface area contributed by atoms with Gasteiger partial charge >= 0.3 is 0 Å². The quantitative estimate of drug-likeness (QED) is 0.651. The first kappa shape index (κ1) is 8.35. The SMILES string of the molecule is COC1=CCC2CCNC(=O)C2=C1. The third kappa shape index (κ3) is 1.46. The number of fused-ring (bicyclic) bond motifs is 1. The molecule has 0 radical (unpaired) electrons. The molecule has 1 aliphatic heterocycles. The summed E-state index contributed by atoms with van der Waals surface area (Å²) in [5.41, 5.74) is 0.880. The van der Waals surface area contributed by atoms with E-state index in [9.17, 15) is 4.79 Å².